The molecule has 1 unspecified atom stereocenters. The summed E-state index contributed by atoms with van der Waals surface area (Å²) in [5.74, 6) is -1.05. The maximum atomic E-state index is 9.01. The van der Waals surface area contributed by atoms with Crippen LogP contribution >= 0.6 is 11.3 Å². The van der Waals surface area contributed by atoms with Crippen molar-refractivity contribution >= 4 is 22.1 Å². The molecule has 108 valence electrons. The van der Waals surface area contributed by atoms with Gasteiger partial charge in [0.2, 0.25) is 0 Å². The predicted octanol–water partition coefficient (Wildman–Crippen LogP) is 4.63. The first kappa shape index (κ1) is 4.12. The van der Waals surface area contributed by atoms with Crippen LogP contribution in [0.4, 0.5) is 0 Å². The van der Waals surface area contributed by atoms with Gasteiger partial charge in [-0.15, -0.1) is 11.3 Å². The van der Waals surface area contributed by atoms with Gasteiger partial charge in [-0.25, -0.2) is 0 Å². The Labute approximate surface area is 154 Å². The third-order valence-electron chi connectivity index (χ3n) is 2.31. The van der Waals surface area contributed by atoms with Gasteiger partial charge in [-0.1, -0.05) is 42.3 Å². The summed E-state index contributed by atoms with van der Waals surface area (Å²) in [7, 11) is 0. The summed E-state index contributed by atoms with van der Waals surface area (Å²) in [4.78, 5) is -0.895. The molecule has 1 aromatic heterocycles. The number of ether oxygens (including phenoxy) is 1. The quantitative estimate of drug-likeness (QED) is 0.716. The fourth-order valence-electron chi connectivity index (χ4n) is 1.47. The summed E-state index contributed by atoms with van der Waals surface area (Å²) in [6, 6.07) is -7.94. The molecule has 3 aromatic rings. The number of hydrogen-bond acceptors (Lipinski definition) is 3. The molecule has 0 aliphatic carbocycles. The van der Waals surface area contributed by atoms with Crippen LogP contribution in [0.3, 0.4) is 0 Å². The van der Waals surface area contributed by atoms with Crippen molar-refractivity contribution in [2.45, 2.75) is 12.5 Å². The topological polar surface area (TPSA) is 21.3 Å². The molecule has 0 bridgehead atoms. The lowest BCUT2D eigenvalue weighted by molar-refractivity contribution is 0.201. The predicted molar refractivity (Wildman–Crippen MR) is 90.2 cm³/mol. The summed E-state index contributed by atoms with van der Waals surface area (Å²) < 4.78 is 151. The zero-order valence-corrected chi connectivity index (χ0v) is 11.1. The van der Waals surface area contributed by atoms with E-state index in [1.165, 1.54) is 5.32 Å². The fourth-order valence-corrected chi connectivity index (χ4v) is 1.96. The van der Waals surface area contributed by atoms with Crippen molar-refractivity contribution in [1.29, 1.82) is 0 Å². The van der Waals surface area contributed by atoms with Crippen LogP contribution in [0.2, 0.25) is 0 Å². The van der Waals surface area contributed by atoms with Crippen LogP contribution in [-0.2, 0) is 0 Å². The molecule has 2 nitrogen and oxygen atoms in total. The van der Waals surface area contributed by atoms with E-state index in [0.29, 0.717) is 0 Å². The minimum Gasteiger partial charge on any atom is -0.484 e. The van der Waals surface area contributed by atoms with Gasteiger partial charge in [-0.05, 0) is 36.3 Å². The maximum absolute atomic E-state index is 9.01. The maximum Gasteiger partial charge on any atom is 0.134 e. The Kier molecular flexibility index (Phi) is 1.32. The molecule has 0 aliphatic heterocycles. The Balaban J connectivity index is 2.50. The lowest BCUT2D eigenvalue weighted by Gasteiger charge is -2.19. The molecule has 1 N–H and O–H groups in total. The Morgan fingerprint density at radius 3 is 3.05 bits per heavy atom. The first-order valence-electron chi connectivity index (χ1n) is 14.6. The minimum absolute atomic E-state index is 0.168. The lowest BCUT2D eigenvalue weighted by Crippen LogP contribution is -2.15. The largest absolute Gasteiger partial charge is 0.484 e. The zero-order valence-electron chi connectivity index (χ0n) is 28.3. The van der Waals surface area contributed by atoms with Crippen LogP contribution in [0.1, 0.15) is 42.0 Å². The summed E-state index contributed by atoms with van der Waals surface area (Å²) in [6.07, 6.45) is -7.40. The van der Waals surface area contributed by atoms with Crippen molar-refractivity contribution in [3.8, 4) is 5.75 Å². The number of thiophene rings is 1. The van der Waals surface area contributed by atoms with Gasteiger partial charge in [0.05, 0.1) is 15.1 Å². The summed E-state index contributed by atoms with van der Waals surface area (Å²) in [5.41, 5.74) is 0. The van der Waals surface area contributed by atoms with Crippen molar-refractivity contribution in [3.05, 3.63) is 64.6 Å². The molecular weight excluding hydrogens is 278 g/mol. The average Bonchev–Trinajstić information content (AvgIpc) is 3.07. The van der Waals surface area contributed by atoms with Crippen LogP contribution in [0, 0.1) is 0 Å². The molecule has 0 aliphatic rings. The summed E-state index contributed by atoms with van der Waals surface area (Å²) in [6.45, 7) is -6.96. The minimum atomic E-state index is -3.82. The number of hydrogen-bond donors (Lipinski definition) is 1. The first-order chi connectivity index (χ1) is 17.5. The molecule has 3 heteroatoms. The molecule has 1 atom stereocenters. The first-order valence-corrected chi connectivity index (χ1v) is 6.38. The van der Waals surface area contributed by atoms with Crippen molar-refractivity contribution in [1.82, 2.24) is 5.32 Å². The van der Waals surface area contributed by atoms with E-state index >= 15 is 0 Å². The second-order valence-corrected chi connectivity index (χ2v) is 4.36. The molecule has 0 fully saturated rings. The molecule has 3 rings (SSSR count). The van der Waals surface area contributed by atoms with Crippen molar-refractivity contribution < 1.29 is 29.4 Å². The van der Waals surface area contributed by atoms with E-state index in [2.05, 4.69) is 0 Å². The Bertz CT molecular complexity index is 1470. The van der Waals surface area contributed by atoms with E-state index in [-0.39, 0.29) is 11.3 Å². The van der Waals surface area contributed by atoms with Gasteiger partial charge in [0.1, 0.15) is 11.8 Å². The van der Waals surface area contributed by atoms with Crippen LogP contribution in [0.15, 0.2) is 59.7 Å². The SMILES string of the molecule is [2H]c1sc(C([2H])(Oc2c([2H])c([2H])c([2H])c3c([2H])c([2H])c([2H])c([2H])c23)C([2H])([2H])C([2H])([2H])NC([2H])([2H])[2H])c([2H])c1[2H]. The van der Waals surface area contributed by atoms with Gasteiger partial charge in [-0.3, -0.25) is 0 Å². The normalized spacial score (nSPS) is 28.2. The lowest BCUT2D eigenvalue weighted by atomic mass is 10.1. The van der Waals surface area contributed by atoms with Crippen molar-refractivity contribution in [2.75, 3.05) is 13.5 Å². The second-order valence-electron chi connectivity index (χ2n) is 3.54. The number of fused-ring (bicyclic) bond motifs is 1. The van der Waals surface area contributed by atoms with Gasteiger partial charge in [-0.2, -0.15) is 0 Å². The van der Waals surface area contributed by atoms with Crippen LogP contribution < -0.4 is 10.1 Å². The van der Waals surface area contributed by atoms with Gasteiger partial charge < -0.3 is 10.1 Å². The van der Waals surface area contributed by atoms with E-state index in [1.807, 2.05) is 0 Å². The zero-order chi connectivity index (χ0) is 30.2. The number of rotatable bonds is 6. The molecule has 1 heterocycles. The van der Waals surface area contributed by atoms with Gasteiger partial charge in [0, 0.05) is 26.2 Å². The highest BCUT2D eigenvalue weighted by atomic mass is 32.1. The standard InChI is InChI=1S/C18H19NOS/c1-19-12-11-17(18-10-5-13-21-18)20-16-9-4-7-14-6-2-3-8-15(14)16/h2-10,13,17,19H,11-12H2,1H3/i1D3,2D,3D,4D,5D,6D,7D,8D,9D,10D,11D2,12D2,13D,17D. The number of benzene rings is 2. The molecular formula is C18H19NOS. The van der Waals surface area contributed by atoms with Gasteiger partial charge in [0.15, 0.2) is 0 Å². The molecule has 21 heavy (non-hydrogen) atoms. The van der Waals surface area contributed by atoms with E-state index in [1.54, 1.807) is 0 Å². The van der Waals surface area contributed by atoms with Crippen molar-refractivity contribution in [3.63, 3.8) is 0 Å². The van der Waals surface area contributed by atoms with E-state index in [0.717, 1.165) is 0 Å². The van der Waals surface area contributed by atoms with E-state index in [4.69, 9.17) is 29.4 Å². The van der Waals surface area contributed by atoms with Gasteiger partial charge in [0.25, 0.3) is 0 Å². The molecule has 0 radical (unpaired) electrons. The van der Waals surface area contributed by atoms with E-state index < -0.39 is 107 Å². The summed E-state index contributed by atoms with van der Waals surface area (Å²) in [5, 5.41) is -0.578. The monoisotopic (exact) mass is 315 g/mol. The van der Waals surface area contributed by atoms with E-state index in [9.17, 15) is 0 Å². The van der Waals surface area contributed by atoms with Crippen LogP contribution in [0.5, 0.6) is 5.75 Å². The third-order valence-corrected chi connectivity index (χ3v) is 3.00. The Morgan fingerprint density at radius 2 is 2.19 bits per heavy atom. The number of nitrogens with one attached hydrogen (secondary N) is 1. The Morgan fingerprint density at radius 1 is 1.29 bits per heavy atom. The molecule has 0 saturated carbocycles. The Hall–Kier alpha value is -1.84. The molecule has 0 amide bonds. The van der Waals surface area contributed by atoms with Gasteiger partial charge >= 0.3 is 0 Å². The molecule has 2 aromatic carbocycles. The fraction of sp³-hybridized carbons (Fsp3) is 0.222. The van der Waals surface area contributed by atoms with Crippen LogP contribution in [0.25, 0.3) is 10.8 Å². The molecule has 0 saturated heterocycles. The molecule has 0 spiro atoms. The highest BCUT2D eigenvalue weighted by Gasteiger charge is 2.15. The second kappa shape index (κ2) is 6.74. The third kappa shape index (κ3) is 3.26. The van der Waals surface area contributed by atoms with Crippen LogP contribution in [-0.4, -0.2) is 13.5 Å². The summed E-state index contributed by atoms with van der Waals surface area (Å²) >= 11 is 0.168. The average molecular weight is 316 g/mol. The smallest absolute Gasteiger partial charge is 0.134 e. The van der Waals surface area contributed by atoms with Crippen molar-refractivity contribution in [2.24, 2.45) is 0 Å². The highest BCUT2D eigenvalue weighted by Crippen LogP contribution is 2.32. The highest BCUT2D eigenvalue weighted by molar-refractivity contribution is 7.10.